The molecule has 0 aliphatic heterocycles. The van der Waals surface area contributed by atoms with Crippen molar-refractivity contribution in [2.75, 3.05) is 13.2 Å². The molecule has 0 aromatic heterocycles. The molecule has 0 aromatic rings. The number of ether oxygens (including phenoxy) is 3. The minimum Gasteiger partial charge on any atom is -0.462 e. The molecule has 1 atom stereocenters. The fourth-order valence-electron chi connectivity index (χ4n) is 9.33. The average molecular weight is 1100 g/mol. The molecule has 0 N–H and O–H groups in total. The zero-order chi connectivity index (χ0) is 57.1. The molecule has 0 spiro atoms. The quantitative estimate of drug-likeness (QED) is 0.0261. The zero-order valence-corrected chi connectivity index (χ0v) is 51.9. The number of allylic oxidation sites excluding steroid dienone is 18. The Labute approximate surface area is 489 Å². The summed E-state index contributed by atoms with van der Waals surface area (Å²) in [4.78, 5) is 38.3. The van der Waals surface area contributed by atoms with E-state index < -0.39 is 6.10 Å². The highest BCUT2D eigenvalue weighted by atomic mass is 16.6. The molecular weight excluding hydrogens is 973 g/mol. The fourth-order valence-corrected chi connectivity index (χ4v) is 9.33. The molecule has 6 nitrogen and oxygen atoms in total. The Kier molecular flexibility index (Phi) is 63.3. The number of rotatable bonds is 60. The third kappa shape index (κ3) is 64.8. The first-order chi connectivity index (χ1) is 39.0. The van der Waals surface area contributed by atoms with Crippen LogP contribution in [0.2, 0.25) is 0 Å². The van der Waals surface area contributed by atoms with Gasteiger partial charge in [-0.05, 0) is 109 Å². The second kappa shape index (κ2) is 66.6. The van der Waals surface area contributed by atoms with Gasteiger partial charge in [-0.2, -0.15) is 0 Å². The summed E-state index contributed by atoms with van der Waals surface area (Å²) in [5.41, 5.74) is 0. The van der Waals surface area contributed by atoms with E-state index in [0.29, 0.717) is 19.3 Å². The molecule has 0 aliphatic rings. The minimum absolute atomic E-state index is 0.0996. The molecule has 79 heavy (non-hydrogen) atoms. The normalized spacial score (nSPS) is 12.8. The van der Waals surface area contributed by atoms with Gasteiger partial charge in [0.1, 0.15) is 13.2 Å². The summed E-state index contributed by atoms with van der Waals surface area (Å²) in [6.45, 7) is 6.37. The number of esters is 3. The number of hydrogen-bond donors (Lipinski definition) is 0. The Morgan fingerprint density at radius 2 is 0.519 bits per heavy atom. The summed E-state index contributed by atoms with van der Waals surface area (Å²) in [6, 6.07) is 0. The van der Waals surface area contributed by atoms with Crippen LogP contribution in [0, 0.1) is 0 Å². The summed E-state index contributed by atoms with van der Waals surface area (Å²) in [6.07, 6.45) is 91.3. The van der Waals surface area contributed by atoms with Gasteiger partial charge in [-0.3, -0.25) is 14.4 Å². The van der Waals surface area contributed by atoms with Crippen LogP contribution in [0.5, 0.6) is 0 Å². The van der Waals surface area contributed by atoms with E-state index in [0.717, 1.165) is 89.9 Å². The maximum Gasteiger partial charge on any atom is 0.306 e. The monoisotopic (exact) mass is 1100 g/mol. The van der Waals surface area contributed by atoms with Crippen LogP contribution in [-0.2, 0) is 28.6 Å². The Bertz CT molecular complexity index is 1590. The molecule has 0 saturated heterocycles. The topological polar surface area (TPSA) is 78.9 Å². The van der Waals surface area contributed by atoms with Crippen molar-refractivity contribution in [3.8, 4) is 0 Å². The van der Waals surface area contributed by atoms with Crippen LogP contribution in [-0.4, -0.2) is 37.2 Å². The molecule has 0 amide bonds. The lowest BCUT2D eigenvalue weighted by molar-refractivity contribution is -0.166. The van der Waals surface area contributed by atoms with Crippen LogP contribution in [0.25, 0.3) is 0 Å². The summed E-state index contributed by atoms with van der Waals surface area (Å²) in [5, 5.41) is 0. The Morgan fingerprint density at radius 3 is 0.861 bits per heavy atom. The largest absolute Gasteiger partial charge is 0.462 e. The lowest BCUT2D eigenvalue weighted by atomic mass is 10.0. The van der Waals surface area contributed by atoms with Gasteiger partial charge >= 0.3 is 17.9 Å². The van der Waals surface area contributed by atoms with Gasteiger partial charge in [-0.15, -0.1) is 0 Å². The third-order valence-electron chi connectivity index (χ3n) is 14.3. The van der Waals surface area contributed by atoms with Crippen LogP contribution in [0.3, 0.4) is 0 Å². The van der Waals surface area contributed by atoms with E-state index >= 15 is 0 Å². The molecule has 0 saturated carbocycles. The highest BCUT2D eigenvalue weighted by Crippen LogP contribution is 2.17. The van der Waals surface area contributed by atoms with Gasteiger partial charge in [0.25, 0.3) is 0 Å². The van der Waals surface area contributed by atoms with Gasteiger partial charge in [0.15, 0.2) is 6.10 Å². The first-order valence-corrected chi connectivity index (χ1v) is 33.4. The van der Waals surface area contributed by atoms with Gasteiger partial charge in [0.2, 0.25) is 0 Å². The van der Waals surface area contributed by atoms with Crippen LogP contribution in [0.15, 0.2) is 109 Å². The maximum absolute atomic E-state index is 12.9. The van der Waals surface area contributed by atoms with Crippen LogP contribution >= 0.6 is 0 Å². The molecule has 1 unspecified atom stereocenters. The molecule has 0 rings (SSSR count). The van der Waals surface area contributed by atoms with Crippen molar-refractivity contribution >= 4 is 17.9 Å². The molecule has 0 fully saturated rings. The van der Waals surface area contributed by atoms with Gasteiger partial charge in [-0.1, -0.05) is 297 Å². The van der Waals surface area contributed by atoms with Gasteiger partial charge in [0.05, 0.1) is 0 Å². The van der Waals surface area contributed by atoms with Crippen molar-refractivity contribution in [3.05, 3.63) is 109 Å². The first-order valence-electron chi connectivity index (χ1n) is 33.4. The third-order valence-corrected chi connectivity index (χ3v) is 14.3. The summed E-state index contributed by atoms with van der Waals surface area (Å²) < 4.78 is 16.9. The van der Waals surface area contributed by atoms with Crippen molar-refractivity contribution in [1.82, 2.24) is 0 Å². The molecule has 0 radical (unpaired) electrons. The zero-order valence-electron chi connectivity index (χ0n) is 51.9. The summed E-state index contributed by atoms with van der Waals surface area (Å²) in [7, 11) is 0. The van der Waals surface area contributed by atoms with E-state index in [2.05, 4.69) is 124 Å². The average Bonchev–Trinajstić information content (AvgIpc) is 3.45. The van der Waals surface area contributed by atoms with Crippen molar-refractivity contribution in [3.63, 3.8) is 0 Å². The highest BCUT2D eigenvalue weighted by molar-refractivity contribution is 5.71. The van der Waals surface area contributed by atoms with Crippen molar-refractivity contribution < 1.29 is 28.6 Å². The van der Waals surface area contributed by atoms with Crippen LogP contribution in [0.4, 0.5) is 0 Å². The molecule has 0 heterocycles. The number of carbonyl (C=O) groups is 3. The van der Waals surface area contributed by atoms with E-state index in [-0.39, 0.29) is 37.5 Å². The lowest BCUT2D eigenvalue weighted by Crippen LogP contribution is -2.30. The minimum atomic E-state index is -0.809. The lowest BCUT2D eigenvalue weighted by Gasteiger charge is -2.18. The van der Waals surface area contributed by atoms with E-state index in [1.807, 2.05) is 6.08 Å². The van der Waals surface area contributed by atoms with Gasteiger partial charge in [-0.25, -0.2) is 0 Å². The maximum atomic E-state index is 12.9. The van der Waals surface area contributed by atoms with E-state index in [9.17, 15) is 14.4 Å². The molecule has 0 aromatic carbocycles. The number of unbranched alkanes of at least 4 members (excludes halogenated alkanes) is 31. The predicted octanol–water partition coefficient (Wildman–Crippen LogP) is 23.0. The Morgan fingerprint density at radius 1 is 0.266 bits per heavy atom. The molecule has 0 aliphatic carbocycles. The summed E-state index contributed by atoms with van der Waals surface area (Å²) in [5.74, 6) is -0.979. The smallest absolute Gasteiger partial charge is 0.306 e. The van der Waals surface area contributed by atoms with Crippen molar-refractivity contribution in [2.24, 2.45) is 0 Å². The predicted molar refractivity (Wildman–Crippen MR) is 343 cm³/mol. The Balaban J connectivity index is 4.23. The van der Waals surface area contributed by atoms with Crippen LogP contribution < -0.4 is 0 Å². The number of carbonyl (C=O) groups excluding carboxylic acids is 3. The number of hydrogen-bond acceptors (Lipinski definition) is 6. The van der Waals surface area contributed by atoms with E-state index in [1.165, 1.54) is 180 Å². The first kappa shape index (κ1) is 75.1. The van der Waals surface area contributed by atoms with E-state index in [4.69, 9.17) is 14.2 Å². The second-order valence-corrected chi connectivity index (χ2v) is 22.0. The molecule has 452 valence electrons. The van der Waals surface area contributed by atoms with Crippen LogP contribution in [0.1, 0.15) is 316 Å². The van der Waals surface area contributed by atoms with E-state index in [1.54, 1.807) is 0 Å². The van der Waals surface area contributed by atoms with Crippen molar-refractivity contribution in [2.45, 2.75) is 322 Å². The SMILES string of the molecule is CC/C=C\C/C=C\C/C=C\C/C=C\CCCCCCCCCCCCCCCCCCCCC(=O)OCC(COC(=O)CC/C=C\C/C=C\C/C=C\C/C=C\CC)OC(=O)CCCCCCCCC/C=C\CCCCCCCC. The van der Waals surface area contributed by atoms with Gasteiger partial charge in [0, 0.05) is 19.3 Å². The van der Waals surface area contributed by atoms with Gasteiger partial charge < -0.3 is 14.2 Å². The molecular formula is C73H124O6. The van der Waals surface area contributed by atoms with Crippen molar-refractivity contribution in [1.29, 1.82) is 0 Å². The summed E-state index contributed by atoms with van der Waals surface area (Å²) >= 11 is 0. The fraction of sp³-hybridized carbons (Fsp3) is 0.712. The second-order valence-electron chi connectivity index (χ2n) is 22.0. The molecule has 0 bridgehead atoms. The molecule has 6 heteroatoms. The highest BCUT2D eigenvalue weighted by Gasteiger charge is 2.19. The Hall–Kier alpha value is -3.93. The standard InChI is InChI=1S/C73H124O6/c1-4-7-10-13-16-19-22-25-27-29-30-31-32-33-34-35-36-37-38-39-40-41-42-44-45-48-51-54-57-60-63-66-72(75)78-69-70(68-77-71(74)65-62-59-56-53-50-47-24-21-18-15-12-9-6-3)79-73(76)67-64-61-58-55-52-49-46-43-28-26-23-20-17-14-11-8-5-2/h7,9-10,12,16,18-19,21,25-28,30-31,47,50,56,59,70H,4-6,8,11,13-15,17,20,22-24,29,32-46,48-49,51-55,57-58,60-69H2,1-3H3/b10-7-,12-9-,19-16-,21-18-,27-25-,28-26-,31-30-,50-47-,59-56-.